The van der Waals surface area contributed by atoms with Crippen molar-refractivity contribution in [3.8, 4) is 6.07 Å². The summed E-state index contributed by atoms with van der Waals surface area (Å²) in [4.78, 5) is 57.9. The molecule has 1 aliphatic heterocycles. The summed E-state index contributed by atoms with van der Waals surface area (Å²) >= 11 is 5.56. The minimum Gasteiger partial charge on any atom is -0.388 e. The zero-order chi connectivity index (χ0) is 36.2. The maximum Gasteiger partial charge on any atom is 0.327 e. The number of ether oxygens (including phenoxy) is 1. The van der Waals surface area contributed by atoms with E-state index in [-0.39, 0.29) is 43.3 Å². The van der Waals surface area contributed by atoms with Crippen LogP contribution in [-0.2, 0) is 57.1 Å². The van der Waals surface area contributed by atoms with Crippen molar-refractivity contribution in [1.29, 1.82) is 5.26 Å². The number of amides is 1. The van der Waals surface area contributed by atoms with Gasteiger partial charge in [-0.25, -0.2) is 24.3 Å². The number of alkyl halides is 1. The van der Waals surface area contributed by atoms with Crippen LogP contribution >= 0.6 is 15.0 Å². The molecule has 5 rings (SSSR count). The summed E-state index contributed by atoms with van der Waals surface area (Å²) in [7, 11) is -3.72. The van der Waals surface area contributed by atoms with E-state index in [2.05, 4.69) is 35.2 Å². The van der Waals surface area contributed by atoms with E-state index in [1.54, 1.807) is 25.3 Å². The number of carbonyl (C=O) groups excluding carboxylic acids is 1. The Balaban J connectivity index is 1.35. The van der Waals surface area contributed by atoms with Gasteiger partial charge in [-0.1, -0.05) is 13.8 Å². The van der Waals surface area contributed by atoms with Crippen molar-refractivity contribution in [3.63, 3.8) is 0 Å². The summed E-state index contributed by atoms with van der Waals surface area (Å²) in [5, 5.41) is 21.3. The number of rotatable bonds is 16. The number of nitrogens with zero attached hydrogens (tertiary/aromatic N) is 8. The zero-order valence-corrected chi connectivity index (χ0v) is 29.5. The largest absolute Gasteiger partial charge is 0.388 e. The number of halogens is 1. The molecule has 0 aliphatic carbocycles. The Morgan fingerprint density at radius 3 is 2.72 bits per heavy atom. The number of aromatic amines is 1. The Morgan fingerprint density at radius 1 is 1.26 bits per heavy atom. The number of hydrogen-bond acceptors (Lipinski definition) is 16. The topological polar surface area (TPSA) is 264 Å². The van der Waals surface area contributed by atoms with Crippen molar-refractivity contribution < 1.29 is 46.6 Å². The molecular formula is C26H33FN10O10P2S. The highest BCUT2D eigenvalue weighted by Crippen LogP contribution is 2.51. The van der Waals surface area contributed by atoms with E-state index >= 15 is 4.39 Å². The molecule has 0 saturated carbocycles. The van der Waals surface area contributed by atoms with Crippen LogP contribution in [0.15, 0.2) is 17.3 Å². The number of aromatic nitrogens is 8. The van der Waals surface area contributed by atoms with Gasteiger partial charge in [0.05, 0.1) is 44.8 Å². The van der Waals surface area contributed by atoms with Crippen LogP contribution in [0, 0.1) is 24.2 Å². The molecule has 20 nitrogen and oxygen atoms in total. The lowest BCUT2D eigenvalue weighted by atomic mass is 10.1. The van der Waals surface area contributed by atoms with Crippen LogP contribution in [0.3, 0.4) is 0 Å². The van der Waals surface area contributed by atoms with Crippen LogP contribution in [0.5, 0.6) is 0 Å². The van der Waals surface area contributed by atoms with Gasteiger partial charge in [0.25, 0.3) is 5.56 Å². The van der Waals surface area contributed by atoms with Gasteiger partial charge in [0, 0.05) is 12.5 Å². The van der Waals surface area contributed by atoms with Gasteiger partial charge >= 0.3 is 15.0 Å². The second-order valence-corrected chi connectivity index (χ2v) is 14.8. The lowest BCUT2D eigenvalue weighted by Crippen LogP contribution is -2.31. The van der Waals surface area contributed by atoms with Gasteiger partial charge in [-0.2, -0.15) is 10.2 Å². The normalized spacial score (nSPS) is 21.1. The number of hydrogen-bond donors (Lipinski definition) is 4. The number of carbonyl (C=O) groups is 1. The van der Waals surface area contributed by atoms with E-state index in [9.17, 15) is 24.2 Å². The van der Waals surface area contributed by atoms with Crippen molar-refractivity contribution in [2.24, 2.45) is 5.92 Å². The molecule has 0 aromatic carbocycles. The van der Waals surface area contributed by atoms with Gasteiger partial charge in [0.2, 0.25) is 11.9 Å². The quantitative estimate of drug-likeness (QED) is 0.0933. The van der Waals surface area contributed by atoms with E-state index in [0.717, 1.165) is 10.9 Å². The number of anilines is 1. The molecule has 4 aromatic rings. The van der Waals surface area contributed by atoms with Gasteiger partial charge in [-0.15, -0.1) is 0 Å². The summed E-state index contributed by atoms with van der Waals surface area (Å²) < 4.78 is 58.6. The van der Waals surface area contributed by atoms with Crippen molar-refractivity contribution in [1.82, 2.24) is 39.0 Å². The minimum absolute atomic E-state index is 0.0595. The number of imidazole rings is 2. The van der Waals surface area contributed by atoms with E-state index in [1.807, 2.05) is 6.07 Å². The number of aliphatic hydroxyl groups excluding tert-OH is 1. The number of H-pyrrole nitrogens is 1. The van der Waals surface area contributed by atoms with Gasteiger partial charge < -0.3 is 32.9 Å². The molecule has 6 atom stereocenters. The number of aliphatic hydroxyl groups is 1. The average molecular weight is 759 g/mol. The maximum atomic E-state index is 15.9. The molecule has 24 heteroatoms. The van der Waals surface area contributed by atoms with Crippen LogP contribution in [0.4, 0.5) is 10.3 Å². The van der Waals surface area contributed by atoms with Crippen molar-refractivity contribution >= 4 is 61.0 Å². The molecule has 50 heavy (non-hydrogen) atoms. The highest BCUT2D eigenvalue weighted by molar-refractivity contribution is 8.07. The third kappa shape index (κ3) is 8.46. The summed E-state index contributed by atoms with van der Waals surface area (Å²) in [6.07, 6.45) is -4.19. The fourth-order valence-corrected chi connectivity index (χ4v) is 7.14. The fourth-order valence-electron chi connectivity index (χ4n) is 4.86. The van der Waals surface area contributed by atoms with Crippen molar-refractivity contribution in [3.05, 3.63) is 34.5 Å². The Labute approximate surface area is 288 Å². The molecule has 0 radical (unpaired) electrons. The highest BCUT2D eigenvalue weighted by Gasteiger charge is 2.49. The van der Waals surface area contributed by atoms with E-state index in [0.29, 0.717) is 22.8 Å². The first-order valence-corrected chi connectivity index (χ1v) is 18.8. The number of nitriles is 1. The molecule has 270 valence electrons. The molecule has 1 amide bonds. The Kier molecular flexibility index (Phi) is 12.2. The fraction of sp³-hybridized carbons (Fsp3) is 0.538. The SMILES string of the molecule is Cc1ncc2nc(CO)n(CCOP(=S)(OCCC#N)OC[C@H]3O[C@@H](n4cnc5c(=O)[nH]c(NC(=O)C(C)C)nc54)[C@H](O[PH](=O)O)[C@@H]3F)c2n1. The second kappa shape index (κ2) is 16.2. The molecular weight excluding hydrogens is 725 g/mol. The molecule has 4 N–H and O–H groups in total. The summed E-state index contributed by atoms with van der Waals surface area (Å²) in [6, 6.07) is 1.91. The summed E-state index contributed by atoms with van der Waals surface area (Å²) in [6.45, 7) is 0.0755. The molecule has 1 fully saturated rings. The standard InChI is InChI=1S/C26H33FN10O10P2S/c1-13(2)23(39)34-26-33-22-19(24(40)35-26)30-12-37(22)25-20(47-48(41)42)18(27)16(46-25)11-45-49(50,43-7-4-5-28)44-8-6-36-17(10-38)32-15-9-29-14(3)31-21(15)36/h9,12-13,16,18,20,25,38,48H,4,6-8,10-11H2,1-3H3,(H,41,42)(H2,33,34,35,39,40)/t16-,18-,20-,25-,49?/m1/s1. The van der Waals surface area contributed by atoms with Gasteiger partial charge in [0.1, 0.15) is 36.0 Å². The maximum absolute atomic E-state index is 15.9. The Morgan fingerprint density at radius 2 is 2.02 bits per heavy atom. The first-order valence-electron chi connectivity index (χ1n) is 15.0. The van der Waals surface area contributed by atoms with Gasteiger partial charge in [-0.3, -0.25) is 33.5 Å². The van der Waals surface area contributed by atoms with Crippen LogP contribution in [0.1, 0.15) is 38.1 Å². The molecule has 5 heterocycles. The Hall–Kier alpha value is -3.61. The van der Waals surface area contributed by atoms with Crippen LogP contribution in [0.2, 0.25) is 0 Å². The molecule has 1 saturated heterocycles. The number of fused-ring (bicyclic) bond motifs is 2. The van der Waals surface area contributed by atoms with Gasteiger partial charge in [-0.05, 0) is 18.7 Å². The number of aryl methyl sites for hydroxylation is 1. The molecule has 4 aromatic heterocycles. The smallest absolute Gasteiger partial charge is 0.327 e. The monoisotopic (exact) mass is 758 g/mol. The Bertz CT molecular complexity index is 2040. The predicted octanol–water partition coefficient (Wildman–Crippen LogP) is 1.55. The zero-order valence-electron chi connectivity index (χ0n) is 26.8. The van der Waals surface area contributed by atoms with E-state index in [4.69, 9.17) is 39.9 Å². The van der Waals surface area contributed by atoms with Crippen molar-refractivity contribution in [2.75, 3.05) is 25.1 Å². The van der Waals surface area contributed by atoms with E-state index < -0.39 is 70.2 Å². The third-order valence-electron chi connectivity index (χ3n) is 7.23. The second-order valence-electron chi connectivity index (χ2n) is 11.0. The van der Waals surface area contributed by atoms with Crippen molar-refractivity contribution in [2.45, 2.75) is 65.0 Å². The van der Waals surface area contributed by atoms with Crippen LogP contribution in [-0.4, -0.2) is 93.1 Å². The lowest BCUT2D eigenvalue weighted by molar-refractivity contribution is -0.118. The highest BCUT2D eigenvalue weighted by atomic mass is 32.5. The first kappa shape index (κ1) is 37.6. The summed E-state index contributed by atoms with van der Waals surface area (Å²) in [5.74, 6) is -0.326. The number of nitrogens with one attached hydrogen (secondary N) is 2. The molecule has 2 unspecified atom stereocenters. The average Bonchev–Trinajstić information content (AvgIpc) is 3.73. The summed E-state index contributed by atoms with van der Waals surface area (Å²) in [5.41, 5.74) is -0.149. The van der Waals surface area contributed by atoms with Crippen LogP contribution < -0.4 is 10.9 Å². The van der Waals surface area contributed by atoms with Gasteiger partial charge in [0.15, 0.2) is 29.2 Å². The predicted molar refractivity (Wildman–Crippen MR) is 175 cm³/mol. The van der Waals surface area contributed by atoms with Crippen LogP contribution in [0.25, 0.3) is 22.3 Å². The molecule has 0 bridgehead atoms. The first-order chi connectivity index (χ1) is 23.8. The third-order valence-corrected chi connectivity index (χ3v) is 10.1. The lowest BCUT2D eigenvalue weighted by Gasteiger charge is -2.24. The van der Waals surface area contributed by atoms with E-state index in [1.165, 1.54) is 6.20 Å². The molecule has 1 aliphatic rings. The molecule has 0 spiro atoms. The minimum atomic E-state index is -3.72.